The molecule has 9 heteroatoms. The van der Waals surface area contributed by atoms with E-state index < -0.39 is 11.7 Å². The van der Waals surface area contributed by atoms with Gasteiger partial charge in [-0.15, -0.1) is 0 Å². The molecule has 6 nitrogen and oxygen atoms in total. The van der Waals surface area contributed by atoms with Gasteiger partial charge in [0.2, 0.25) is 5.91 Å². The maximum atomic E-state index is 12.7. The fourth-order valence-corrected chi connectivity index (χ4v) is 4.53. The Hall–Kier alpha value is -2.81. The molecular weight excluding hydrogens is 443 g/mol. The smallest absolute Gasteiger partial charge is 0.369 e. The molecule has 1 aromatic carbocycles. The number of aromatic nitrogens is 1. The molecule has 2 aromatic rings. The van der Waals surface area contributed by atoms with Crippen LogP contribution >= 0.6 is 0 Å². The lowest BCUT2D eigenvalue weighted by Crippen LogP contribution is -2.48. The van der Waals surface area contributed by atoms with E-state index in [0.29, 0.717) is 25.3 Å². The normalized spacial score (nSPS) is 18.2. The molecule has 0 radical (unpaired) electrons. The number of hydrogen-bond acceptors (Lipinski definition) is 5. The molecule has 3 heterocycles. The van der Waals surface area contributed by atoms with Crippen molar-refractivity contribution < 1.29 is 18.0 Å². The van der Waals surface area contributed by atoms with Crippen LogP contribution in [0.25, 0.3) is 0 Å². The number of benzene rings is 1. The molecule has 0 unspecified atom stereocenters. The SMILES string of the molecule is Cc1ccc(N2CCN(CCC(=O)N3CCC(Nc4ccc(C(F)(F)F)cn4)CC3)CC2)cc1. The van der Waals surface area contributed by atoms with Crippen molar-refractivity contribution in [2.24, 2.45) is 0 Å². The van der Waals surface area contributed by atoms with Crippen LogP contribution in [0, 0.1) is 6.92 Å². The lowest BCUT2D eigenvalue weighted by molar-refractivity contribution is -0.137. The molecule has 0 spiro atoms. The molecular formula is C25H32F3N5O. The monoisotopic (exact) mass is 475 g/mol. The number of hydrogen-bond donors (Lipinski definition) is 1. The summed E-state index contributed by atoms with van der Waals surface area (Å²) in [4.78, 5) is 23.2. The van der Waals surface area contributed by atoms with Crippen molar-refractivity contribution in [2.75, 3.05) is 56.0 Å². The van der Waals surface area contributed by atoms with Crippen molar-refractivity contribution in [1.29, 1.82) is 0 Å². The average Bonchev–Trinajstić information content (AvgIpc) is 2.84. The molecule has 2 aliphatic heterocycles. The number of pyridine rings is 1. The van der Waals surface area contributed by atoms with Crippen molar-refractivity contribution in [3.63, 3.8) is 0 Å². The quantitative estimate of drug-likeness (QED) is 0.684. The molecule has 2 saturated heterocycles. The van der Waals surface area contributed by atoms with Crippen LogP contribution in [-0.2, 0) is 11.0 Å². The van der Waals surface area contributed by atoms with Gasteiger partial charge in [-0.25, -0.2) is 4.98 Å². The lowest BCUT2D eigenvalue weighted by atomic mass is 10.0. The third-order valence-corrected chi connectivity index (χ3v) is 6.70. The highest BCUT2D eigenvalue weighted by Gasteiger charge is 2.31. The van der Waals surface area contributed by atoms with Crippen LogP contribution in [0.3, 0.4) is 0 Å². The summed E-state index contributed by atoms with van der Waals surface area (Å²) in [6.07, 6.45) is -1.51. The van der Waals surface area contributed by atoms with Crippen molar-refractivity contribution in [3.8, 4) is 0 Å². The van der Waals surface area contributed by atoms with Gasteiger partial charge in [-0.2, -0.15) is 13.2 Å². The molecule has 0 aliphatic carbocycles. The van der Waals surface area contributed by atoms with Crippen LogP contribution in [0.2, 0.25) is 0 Å². The van der Waals surface area contributed by atoms with E-state index in [1.807, 2.05) is 4.90 Å². The molecule has 1 N–H and O–H groups in total. The van der Waals surface area contributed by atoms with Gasteiger partial charge in [0.15, 0.2) is 0 Å². The summed E-state index contributed by atoms with van der Waals surface area (Å²) in [5.41, 5.74) is 1.76. The Morgan fingerprint density at radius 3 is 2.26 bits per heavy atom. The highest BCUT2D eigenvalue weighted by Crippen LogP contribution is 2.29. The van der Waals surface area contributed by atoms with E-state index in [4.69, 9.17) is 0 Å². The number of likely N-dealkylation sites (tertiary alicyclic amines) is 1. The third-order valence-electron chi connectivity index (χ3n) is 6.70. The zero-order valence-electron chi connectivity index (χ0n) is 19.5. The lowest BCUT2D eigenvalue weighted by Gasteiger charge is -2.37. The average molecular weight is 476 g/mol. The van der Waals surface area contributed by atoms with E-state index in [-0.39, 0.29) is 11.9 Å². The minimum absolute atomic E-state index is 0.100. The first kappa shape index (κ1) is 24.3. The Morgan fingerprint density at radius 1 is 1.00 bits per heavy atom. The summed E-state index contributed by atoms with van der Waals surface area (Å²) in [5.74, 6) is 0.606. The second-order valence-electron chi connectivity index (χ2n) is 9.14. The van der Waals surface area contributed by atoms with Crippen LogP contribution in [-0.4, -0.2) is 72.5 Å². The van der Waals surface area contributed by atoms with Crippen LogP contribution in [0.1, 0.15) is 30.4 Å². The Balaban J connectivity index is 1.15. The standard InChI is InChI=1S/C25H32F3N5O/c1-19-2-5-22(6-3-19)32-16-14-31(15-17-32)11-10-24(34)33-12-8-21(9-13-33)30-23-7-4-20(18-29-23)25(26,27)28/h2-7,18,21H,8-17H2,1H3,(H,29,30). The van der Waals surface area contributed by atoms with Crippen molar-refractivity contribution in [1.82, 2.24) is 14.8 Å². The number of piperazine rings is 1. The summed E-state index contributed by atoms with van der Waals surface area (Å²) >= 11 is 0. The molecule has 0 atom stereocenters. The number of nitrogens with one attached hydrogen (secondary N) is 1. The van der Waals surface area contributed by atoms with Gasteiger partial charge in [-0.05, 0) is 44.0 Å². The van der Waals surface area contributed by atoms with Crippen LogP contribution in [0.5, 0.6) is 0 Å². The number of rotatable bonds is 6. The summed E-state index contributed by atoms with van der Waals surface area (Å²) < 4.78 is 38.0. The number of piperidine rings is 1. The number of anilines is 2. The van der Waals surface area contributed by atoms with Crippen LogP contribution < -0.4 is 10.2 Å². The van der Waals surface area contributed by atoms with Gasteiger partial charge in [0, 0.05) is 70.2 Å². The Bertz CT molecular complexity index is 933. The minimum Gasteiger partial charge on any atom is -0.369 e. The van der Waals surface area contributed by atoms with E-state index in [2.05, 4.69) is 51.3 Å². The van der Waals surface area contributed by atoms with Gasteiger partial charge in [-0.1, -0.05) is 17.7 Å². The fraction of sp³-hybridized carbons (Fsp3) is 0.520. The number of amides is 1. The topological polar surface area (TPSA) is 51.7 Å². The van der Waals surface area contributed by atoms with Gasteiger partial charge in [0.25, 0.3) is 0 Å². The summed E-state index contributed by atoms with van der Waals surface area (Å²) in [6, 6.07) is 11.1. The van der Waals surface area contributed by atoms with E-state index in [9.17, 15) is 18.0 Å². The van der Waals surface area contributed by atoms with Gasteiger partial charge in [-0.3, -0.25) is 9.69 Å². The molecule has 184 valence electrons. The number of carbonyl (C=O) groups is 1. The van der Waals surface area contributed by atoms with Gasteiger partial charge in [0.1, 0.15) is 5.82 Å². The number of alkyl halides is 3. The largest absolute Gasteiger partial charge is 0.417 e. The second-order valence-corrected chi connectivity index (χ2v) is 9.14. The summed E-state index contributed by atoms with van der Waals surface area (Å²) in [7, 11) is 0. The zero-order chi connectivity index (χ0) is 24.1. The predicted octanol–water partition coefficient (Wildman–Crippen LogP) is 4.02. The van der Waals surface area contributed by atoms with Gasteiger partial charge < -0.3 is 15.1 Å². The second kappa shape index (κ2) is 10.6. The Labute approximate surface area is 198 Å². The van der Waals surface area contributed by atoms with Crippen molar-refractivity contribution >= 4 is 17.4 Å². The molecule has 2 aliphatic rings. The van der Waals surface area contributed by atoms with E-state index in [1.54, 1.807) is 0 Å². The number of aryl methyl sites for hydroxylation is 1. The highest BCUT2D eigenvalue weighted by molar-refractivity contribution is 5.76. The third kappa shape index (κ3) is 6.40. The molecule has 0 saturated carbocycles. The first-order valence-corrected chi connectivity index (χ1v) is 11.9. The predicted molar refractivity (Wildman–Crippen MR) is 127 cm³/mol. The Morgan fingerprint density at radius 2 is 1.68 bits per heavy atom. The van der Waals surface area contributed by atoms with E-state index >= 15 is 0 Å². The first-order chi connectivity index (χ1) is 16.3. The summed E-state index contributed by atoms with van der Waals surface area (Å²) in [6.45, 7) is 8.00. The van der Waals surface area contributed by atoms with Crippen molar-refractivity contribution in [2.45, 2.75) is 38.4 Å². The molecule has 34 heavy (non-hydrogen) atoms. The van der Waals surface area contributed by atoms with E-state index in [0.717, 1.165) is 57.8 Å². The number of nitrogens with zero attached hydrogens (tertiary/aromatic N) is 4. The molecule has 4 rings (SSSR count). The van der Waals surface area contributed by atoms with Crippen molar-refractivity contribution in [3.05, 3.63) is 53.7 Å². The summed E-state index contributed by atoms with van der Waals surface area (Å²) in [5, 5.41) is 3.19. The minimum atomic E-state index is -4.38. The maximum Gasteiger partial charge on any atom is 0.417 e. The molecule has 1 aromatic heterocycles. The number of halogens is 3. The van der Waals surface area contributed by atoms with Crippen LogP contribution in [0.4, 0.5) is 24.7 Å². The molecule has 0 bridgehead atoms. The molecule has 1 amide bonds. The Kier molecular flexibility index (Phi) is 7.60. The zero-order valence-corrected chi connectivity index (χ0v) is 19.5. The highest BCUT2D eigenvalue weighted by atomic mass is 19.4. The first-order valence-electron chi connectivity index (χ1n) is 11.9. The molecule has 2 fully saturated rings. The number of carbonyl (C=O) groups excluding carboxylic acids is 1. The van der Waals surface area contributed by atoms with Gasteiger partial charge in [0.05, 0.1) is 5.56 Å². The van der Waals surface area contributed by atoms with E-state index in [1.165, 1.54) is 17.3 Å². The maximum absolute atomic E-state index is 12.7. The fourth-order valence-electron chi connectivity index (χ4n) is 4.53. The van der Waals surface area contributed by atoms with Gasteiger partial charge >= 0.3 is 6.18 Å². The van der Waals surface area contributed by atoms with Crippen LogP contribution in [0.15, 0.2) is 42.6 Å².